The zero-order chi connectivity index (χ0) is 11.4. The van der Waals surface area contributed by atoms with E-state index in [9.17, 15) is 0 Å². The Bertz CT molecular complexity index is 485. The standard InChI is InChI=1S/C12H14N2O2/c1-9-13-8-10-7-11(16-6-5-15-2)3-4-12(10)14-9/h3-4,7-8H,5-6H2,1-2H3. The van der Waals surface area contributed by atoms with Gasteiger partial charge >= 0.3 is 0 Å². The monoisotopic (exact) mass is 218 g/mol. The molecule has 16 heavy (non-hydrogen) atoms. The van der Waals surface area contributed by atoms with Gasteiger partial charge in [0.15, 0.2) is 0 Å². The molecule has 0 spiro atoms. The molecule has 4 heteroatoms. The molecular weight excluding hydrogens is 204 g/mol. The highest BCUT2D eigenvalue weighted by atomic mass is 16.5. The van der Waals surface area contributed by atoms with Gasteiger partial charge in [-0.1, -0.05) is 0 Å². The van der Waals surface area contributed by atoms with Crippen molar-refractivity contribution >= 4 is 10.9 Å². The molecule has 0 aliphatic rings. The number of methoxy groups -OCH3 is 1. The second kappa shape index (κ2) is 4.90. The highest BCUT2D eigenvalue weighted by Gasteiger charge is 1.99. The summed E-state index contributed by atoms with van der Waals surface area (Å²) in [7, 11) is 1.65. The van der Waals surface area contributed by atoms with Crippen molar-refractivity contribution in [2.75, 3.05) is 20.3 Å². The van der Waals surface area contributed by atoms with Crippen LogP contribution in [0.25, 0.3) is 10.9 Å². The molecule has 1 aromatic carbocycles. The number of rotatable bonds is 4. The Morgan fingerprint density at radius 1 is 1.25 bits per heavy atom. The predicted octanol–water partition coefficient (Wildman–Crippen LogP) is 1.96. The highest BCUT2D eigenvalue weighted by molar-refractivity contribution is 5.79. The van der Waals surface area contributed by atoms with Crippen LogP contribution in [-0.2, 0) is 4.74 Å². The number of hydrogen-bond donors (Lipinski definition) is 0. The van der Waals surface area contributed by atoms with Gasteiger partial charge < -0.3 is 9.47 Å². The third-order valence-electron chi connectivity index (χ3n) is 2.23. The Kier molecular flexibility index (Phi) is 3.31. The van der Waals surface area contributed by atoms with Gasteiger partial charge in [0.1, 0.15) is 18.2 Å². The predicted molar refractivity (Wildman–Crippen MR) is 61.6 cm³/mol. The number of nitrogens with zero attached hydrogens (tertiary/aromatic N) is 2. The van der Waals surface area contributed by atoms with E-state index in [1.165, 1.54) is 0 Å². The van der Waals surface area contributed by atoms with Gasteiger partial charge in [0.25, 0.3) is 0 Å². The minimum atomic E-state index is 0.550. The summed E-state index contributed by atoms with van der Waals surface area (Å²) in [4.78, 5) is 8.48. The molecule has 2 rings (SSSR count). The first kappa shape index (κ1) is 10.8. The third-order valence-corrected chi connectivity index (χ3v) is 2.23. The van der Waals surface area contributed by atoms with E-state index in [1.54, 1.807) is 13.3 Å². The molecule has 4 nitrogen and oxygen atoms in total. The van der Waals surface area contributed by atoms with E-state index in [2.05, 4.69) is 9.97 Å². The summed E-state index contributed by atoms with van der Waals surface area (Å²) in [6.45, 7) is 3.01. The van der Waals surface area contributed by atoms with E-state index in [-0.39, 0.29) is 0 Å². The fourth-order valence-electron chi connectivity index (χ4n) is 1.44. The maximum atomic E-state index is 5.50. The van der Waals surface area contributed by atoms with Gasteiger partial charge in [-0.25, -0.2) is 9.97 Å². The first-order valence-corrected chi connectivity index (χ1v) is 5.15. The van der Waals surface area contributed by atoms with Crippen molar-refractivity contribution in [3.05, 3.63) is 30.2 Å². The fourth-order valence-corrected chi connectivity index (χ4v) is 1.44. The summed E-state index contributed by atoms with van der Waals surface area (Å²) in [6.07, 6.45) is 1.81. The molecule has 0 atom stereocenters. The van der Waals surface area contributed by atoms with Crippen LogP contribution in [0.2, 0.25) is 0 Å². The zero-order valence-electron chi connectivity index (χ0n) is 9.43. The van der Waals surface area contributed by atoms with Gasteiger partial charge in [-0.2, -0.15) is 0 Å². The van der Waals surface area contributed by atoms with E-state index < -0.39 is 0 Å². The topological polar surface area (TPSA) is 44.2 Å². The van der Waals surface area contributed by atoms with Gasteiger partial charge in [-0.3, -0.25) is 0 Å². The largest absolute Gasteiger partial charge is 0.491 e. The van der Waals surface area contributed by atoms with Crippen LogP contribution in [0.5, 0.6) is 5.75 Å². The maximum Gasteiger partial charge on any atom is 0.125 e. The molecule has 0 N–H and O–H groups in total. The molecule has 1 aromatic heterocycles. The van der Waals surface area contributed by atoms with E-state index in [1.807, 2.05) is 25.1 Å². The van der Waals surface area contributed by atoms with Crippen LogP contribution in [0.1, 0.15) is 5.82 Å². The molecule has 84 valence electrons. The van der Waals surface area contributed by atoms with E-state index >= 15 is 0 Å². The molecule has 2 aromatic rings. The Balaban J connectivity index is 2.20. The van der Waals surface area contributed by atoms with Crippen molar-refractivity contribution in [3.8, 4) is 5.75 Å². The van der Waals surface area contributed by atoms with Crippen molar-refractivity contribution in [2.45, 2.75) is 6.92 Å². The van der Waals surface area contributed by atoms with Crippen LogP contribution >= 0.6 is 0 Å². The minimum absolute atomic E-state index is 0.550. The number of hydrogen-bond acceptors (Lipinski definition) is 4. The lowest BCUT2D eigenvalue weighted by Crippen LogP contribution is -2.04. The summed E-state index contributed by atoms with van der Waals surface area (Å²) in [6, 6.07) is 5.78. The van der Waals surface area contributed by atoms with Crippen LogP contribution in [0.3, 0.4) is 0 Å². The second-order valence-corrected chi connectivity index (χ2v) is 3.48. The lowest BCUT2D eigenvalue weighted by molar-refractivity contribution is 0.146. The van der Waals surface area contributed by atoms with E-state index in [0.717, 1.165) is 22.5 Å². The summed E-state index contributed by atoms with van der Waals surface area (Å²) < 4.78 is 10.4. The van der Waals surface area contributed by atoms with E-state index in [0.29, 0.717) is 13.2 Å². The average molecular weight is 218 g/mol. The number of aryl methyl sites for hydroxylation is 1. The number of fused-ring (bicyclic) bond motifs is 1. The molecule has 0 saturated heterocycles. The molecule has 0 radical (unpaired) electrons. The van der Waals surface area contributed by atoms with Crippen LogP contribution < -0.4 is 4.74 Å². The summed E-state index contributed by atoms with van der Waals surface area (Å²) in [5.41, 5.74) is 0.937. The smallest absolute Gasteiger partial charge is 0.125 e. The van der Waals surface area contributed by atoms with Crippen LogP contribution in [0, 0.1) is 6.92 Å². The van der Waals surface area contributed by atoms with Crippen LogP contribution in [0.15, 0.2) is 24.4 Å². The quantitative estimate of drug-likeness (QED) is 0.736. The lowest BCUT2D eigenvalue weighted by Gasteiger charge is -2.06. The molecule has 1 heterocycles. The summed E-state index contributed by atoms with van der Waals surface area (Å²) >= 11 is 0. The Hall–Kier alpha value is -1.68. The lowest BCUT2D eigenvalue weighted by atomic mass is 10.2. The van der Waals surface area contributed by atoms with Gasteiger partial charge in [0.05, 0.1) is 12.1 Å². The first-order valence-electron chi connectivity index (χ1n) is 5.15. The molecular formula is C12H14N2O2. The number of benzene rings is 1. The molecule has 0 bridgehead atoms. The van der Waals surface area contributed by atoms with Gasteiger partial charge in [-0.05, 0) is 25.1 Å². The molecule has 0 aliphatic heterocycles. The van der Waals surface area contributed by atoms with Gasteiger partial charge in [-0.15, -0.1) is 0 Å². The van der Waals surface area contributed by atoms with Crippen molar-refractivity contribution < 1.29 is 9.47 Å². The summed E-state index contributed by atoms with van der Waals surface area (Å²) in [5.74, 6) is 1.59. The van der Waals surface area contributed by atoms with Gasteiger partial charge in [0, 0.05) is 18.7 Å². The van der Waals surface area contributed by atoms with E-state index in [4.69, 9.17) is 9.47 Å². The van der Waals surface area contributed by atoms with Crippen LogP contribution in [0.4, 0.5) is 0 Å². The first-order chi connectivity index (χ1) is 7.79. The van der Waals surface area contributed by atoms with Crippen molar-refractivity contribution in [3.63, 3.8) is 0 Å². The molecule has 0 amide bonds. The van der Waals surface area contributed by atoms with Crippen molar-refractivity contribution in [2.24, 2.45) is 0 Å². The van der Waals surface area contributed by atoms with Crippen LogP contribution in [-0.4, -0.2) is 30.3 Å². The normalized spacial score (nSPS) is 10.6. The van der Waals surface area contributed by atoms with Crippen molar-refractivity contribution in [1.29, 1.82) is 0 Å². The SMILES string of the molecule is COCCOc1ccc2nc(C)ncc2c1. The molecule has 0 saturated carbocycles. The Morgan fingerprint density at radius 2 is 2.12 bits per heavy atom. The number of aromatic nitrogens is 2. The molecule has 0 unspecified atom stereocenters. The fraction of sp³-hybridized carbons (Fsp3) is 0.333. The zero-order valence-corrected chi connectivity index (χ0v) is 9.43. The minimum Gasteiger partial charge on any atom is -0.491 e. The highest BCUT2D eigenvalue weighted by Crippen LogP contribution is 2.18. The molecule has 0 aliphatic carbocycles. The maximum absolute atomic E-state index is 5.50. The Morgan fingerprint density at radius 3 is 2.94 bits per heavy atom. The number of ether oxygens (including phenoxy) is 2. The second-order valence-electron chi connectivity index (χ2n) is 3.48. The average Bonchev–Trinajstić information content (AvgIpc) is 2.29. The van der Waals surface area contributed by atoms with Crippen molar-refractivity contribution in [1.82, 2.24) is 9.97 Å². The Labute approximate surface area is 94.2 Å². The third kappa shape index (κ3) is 2.46. The summed E-state index contributed by atoms with van der Waals surface area (Å²) in [5, 5.41) is 0.987. The van der Waals surface area contributed by atoms with Gasteiger partial charge in [0.2, 0.25) is 0 Å². The molecule has 0 fully saturated rings.